The van der Waals surface area contributed by atoms with Crippen LogP contribution in [0.5, 0.6) is 5.75 Å². The van der Waals surface area contributed by atoms with Gasteiger partial charge < -0.3 is 14.5 Å². The first-order valence-electron chi connectivity index (χ1n) is 9.50. The molecular weight excluding hydrogens is 328 g/mol. The fraction of sp³-hybridized carbons (Fsp3) is 0.619. The number of ether oxygens (including phenoxy) is 1. The number of nitrogens with zero attached hydrogens (tertiary/aromatic N) is 2. The molecule has 140 valence electrons. The maximum Gasteiger partial charge on any atom is 0.331 e. The Bertz CT molecular complexity index is 773. The van der Waals surface area contributed by atoms with Crippen LogP contribution < -0.4 is 9.64 Å². The number of carbonyl (C=O) groups is 2. The summed E-state index contributed by atoms with van der Waals surface area (Å²) in [6, 6.07) is 6.04. The minimum absolute atomic E-state index is 0.124. The van der Waals surface area contributed by atoms with E-state index in [-0.39, 0.29) is 35.8 Å². The van der Waals surface area contributed by atoms with Crippen molar-refractivity contribution in [1.29, 1.82) is 0 Å². The summed E-state index contributed by atoms with van der Waals surface area (Å²) in [5.41, 5.74) is 2.43. The number of hydrogen-bond donors (Lipinski definition) is 0. The van der Waals surface area contributed by atoms with E-state index in [4.69, 9.17) is 4.74 Å². The van der Waals surface area contributed by atoms with Crippen LogP contribution in [0.2, 0.25) is 0 Å². The number of anilines is 1. The molecule has 5 nitrogen and oxygen atoms in total. The van der Waals surface area contributed by atoms with Gasteiger partial charge in [0.2, 0.25) is 5.91 Å². The highest BCUT2D eigenvalue weighted by molar-refractivity contribution is 5.89. The van der Waals surface area contributed by atoms with E-state index < -0.39 is 0 Å². The van der Waals surface area contributed by atoms with Crippen LogP contribution in [0.1, 0.15) is 45.6 Å². The van der Waals surface area contributed by atoms with Gasteiger partial charge >= 0.3 is 5.97 Å². The average Bonchev–Trinajstić information content (AvgIpc) is 2.77. The molecule has 2 heterocycles. The molecule has 3 aliphatic rings. The van der Waals surface area contributed by atoms with Crippen LogP contribution in [-0.4, -0.2) is 42.5 Å². The highest BCUT2D eigenvalue weighted by atomic mass is 16.5. The predicted molar refractivity (Wildman–Crippen MR) is 100 cm³/mol. The zero-order valence-corrected chi connectivity index (χ0v) is 16.2. The third-order valence-electron chi connectivity index (χ3n) is 6.06. The van der Waals surface area contributed by atoms with Gasteiger partial charge in [0, 0.05) is 12.6 Å². The topological polar surface area (TPSA) is 49.9 Å². The molecule has 1 aromatic rings. The molecule has 5 heteroatoms. The van der Waals surface area contributed by atoms with Crippen molar-refractivity contribution in [2.24, 2.45) is 10.8 Å². The van der Waals surface area contributed by atoms with E-state index in [1.165, 1.54) is 6.42 Å². The fourth-order valence-corrected chi connectivity index (χ4v) is 5.50. The number of benzene rings is 1. The Hall–Kier alpha value is -2.04. The summed E-state index contributed by atoms with van der Waals surface area (Å²) in [5, 5.41) is 0. The van der Waals surface area contributed by atoms with Crippen molar-refractivity contribution in [2.45, 2.75) is 53.0 Å². The highest BCUT2D eigenvalue weighted by Crippen LogP contribution is 2.52. The summed E-state index contributed by atoms with van der Waals surface area (Å²) in [4.78, 5) is 29.0. The lowest BCUT2D eigenvalue weighted by Gasteiger charge is -2.39. The van der Waals surface area contributed by atoms with Crippen LogP contribution in [0.3, 0.4) is 0 Å². The molecule has 2 aliphatic heterocycles. The Balaban J connectivity index is 1.54. The van der Waals surface area contributed by atoms with Crippen LogP contribution >= 0.6 is 0 Å². The number of fused-ring (bicyclic) bond motifs is 3. The monoisotopic (exact) mass is 356 g/mol. The minimum Gasteiger partial charge on any atom is -0.423 e. The van der Waals surface area contributed by atoms with E-state index in [1.54, 1.807) is 0 Å². The summed E-state index contributed by atoms with van der Waals surface area (Å²) in [6.07, 6.45) is 3.32. The molecule has 2 atom stereocenters. The average molecular weight is 356 g/mol. The van der Waals surface area contributed by atoms with Crippen LogP contribution in [0.25, 0.3) is 0 Å². The lowest BCUT2D eigenvalue weighted by molar-refractivity contribution is -0.133. The van der Waals surface area contributed by atoms with Crippen molar-refractivity contribution in [3.63, 3.8) is 0 Å². The van der Waals surface area contributed by atoms with E-state index in [2.05, 4.69) is 25.7 Å². The second-order valence-corrected chi connectivity index (χ2v) is 9.54. The van der Waals surface area contributed by atoms with E-state index >= 15 is 0 Å². The fourth-order valence-electron chi connectivity index (χ4n) is 5.50. The van der Waals surface area contributed by atoms with Gasteiger partial charge in [-0.1, -0.05) is 26.8 Å². The number of rotatable bonds is 2. The van der Waals surface area contributed by atoms with E-state index in [0.717, 1.165) is 30.6 Å². The second kappa shape index (κ2) is 5.73. The van der Waals surface area contributed by atoms with Gasteiger partial charge in [-0.2, -0.15) is 0 Å². The summed E-state index contributed by atoms with van der Waals surface area (Å²) >= 11 is 0. The third kappa shape index (κ3) is 3.08. The smallest absolute Gasteiger partial charge is 0.331 e. The number of aryl methyl sites for hydroxylation is 1. The van der Waals surface area contributed by atoms with Gasteiger partial charge in [-0.25, -0.2) is 4.79 Å². The van der Waals surface area contributed by atoms with Crippen molar-refractivity contribution in [3.8, 4) is 5.75 Å². The molecule has 1 saturated carbocycles. The zero-order chi connectivity index (χ0) is 18.7. The molecule has 1 saturated heterocycles. The number of amides is 1. The van der Waals surface area contributed by atoms with E-state index in [1.807, 2.05) is 30.0 Å². The summed E-state index contributed by atoms with van der Waals surface area (Å²) in [6.45, 7) is 10.1. The highest BCUT2D eigenvalue weighted by Gasteiger charge is 2.51. The third-order valence-corrected chi connectivity index (χ3v) is 6.06. The molecule has 2 unspecified atom stereocenters. The van der Waals surface area contributed by atoms with E-state index in [9.17, 15) is 9.59 Å². The normalized spacial score (nSPS) is 29.4. The van der Waals surface area contributed by atoms with Crippen molar-refractivity contribution in [1.82, 2.24) is 4.90 Å². The standard InChI is InChI=1S/C21H28N2O3/c1-14-5-6-17-16(7-14)22(11-19(25)26-17)10-18(24)23-13-21(4)9-15(23)8-20(2,3)12-21/h5-7,15H,8-13H2,1-4H3. The van der Waals surface area contributed by atoms with Gasteiger partial charge in [0.15, 0.2) is 5.75 Å². The first-order valence-corrected chi connectivity index (χ1v) is 9.50. The van der Waals surface area contributed by atoms with E-state index in [0.29, 0.717) is 11.8 Å². The molecule has 0 spiro atoms. The molecule has 2 bridgehead atoms. The van der Waals surface area contributed by atoms with Gasteiger partial charge in [-0.05, 0) is 54.7 Å². The Kier molecular flexibility index (Phi) is 3.83. The van der Waals surface area contributed by atoms with Crippen LogP contribution in [0, 0.1) is 17.8 Å². The largest absolute Gasteiger partial charge is 0.423 e. The Morgan fingerprint density at radius 3 is 2.81 bits per heavy atom. The van der Waals surface area contributed by atoms with Gasteiger partial charge in [-0.3, -0.25) is 4.79 Å². The second-order valence-electron chi connectivity index (χ2n) is 9.54. The molecule has 0 radical (unpaired) electrons. The van der Waals surface area contributed by atoms with Gasteiger partial charge in [0.1, 0.15) is 6.54 Å². The van der Waals surface area contributed by atoms with Gasteiger partial charge in [0.05, 0.1) is 12.2 Å². The van der Waals surface area contributed by atoms with Crippen molar-refractivity contribution >= 4 is 17.6 Å². The summed E-state index contributed by atoms with van der Waals surface area (Å²) < 4.78 is 5.33. The molecule has 1 aromatic carbocycles. The van der Waals surface area contributed by atoms with Crippen molar-refractivity contribution < 1.29 is 14.3 Å². The Labute approximate surface area is 155 Å². The molecule has 1 amide bonds. The lowest BCUT2D eigenvalue weighted by Crippen LogP contribution is -2.46. The Morgan fingerprint density at radius 2 is 2.04 bits per heavy atom. The lowest BCUT2D eigenvalue weighted by atomic mass is 9.65. The molecule has 1 aliphatic carbocycles. The van der Waals surface area contributed by atoms with Crippen molar-refractivity contribution in [3.05, 3.63) is 23.8 Å². The number of hydrogen-bond acceptors (Lipinski definition) is 4. The molecule has 4 rings (SSSR count). The minimum atomic E-state index is -0.303. The number of carbonyl (C=O) groups excluding carboxylic acids is 2. The predicted octanol–water partition coefficient (Wildman–Crippen LogP) is 3.15. The maximum absolute atomic E-state index is 13.1. The Morgan fingerprint density at radius 1 is 1.27 bits per heavy atom. The summed E-state index contributed by atoms with van der Waals surface area (Å²) in [5.74, 6) is 0.369. The van der Waals surface area contributed by atoms with Crippen LogP contribution in [0.4, 0.5) is 5.69 Å². The first kappa shape index (κ1) is 17.4. The summed E-state index contributed by atoms with van der Waals surface area (Å²) in [7, 11) is 0. The van der Waals surface area contributed by atoms with Gasteiger partial charge in [0.25, 0.3) is 0 Å². The molecule has 2 fully saturated rings. The molecule has 0 N–H and O–H groups in total. The quantitative estimate of drug-likeness (QED) is 0.603. The zero-order valence-electron chi connectivity index (χ0n) is 16.2. The van der Waals surface area contributed by atoms with Crippen LogP contribution in [-0.2, 0) is 9.59 Å². The SMILES string of the molecule is Cc1ccc2c(c1)N(CC(=O)N1CC3(C)CC1CC(C)(C)C3)CC(=O)O2. The van der Waals surface area contributed by atoms with Crippen LogP contribution in [0.15, 0.2) is 18.2 Å². The first-order chi connectivity index (χ1) is 12.1. The maximum atomic E-state index is 13.1. The molecule has 0 aromatic heterocycles. The number of likely N-dealkylation sites (tertiary alicyclic amines) is 1. The van der Waals surface area contributed by atoms with Crippen molar-refractivity contribution in [2.75, 3.05) is 24.5 Å². The molecule has 26 heavy (non-hydrogen) atoms. The molecular formula is C21H28N2O3. The van der Waals surface area contributed by atoms with Gasteiger partial charge in [-0.15, -0.1) is 0 Å². The number of esters is 1.